The lowest BCUT2D eigenvalue weighted by atomic mass is 10.1. The number of aromatic nitrogens is 7. The molecular weight excluding hydrogens is 513 g/mol. The molecule has 1 aliphatic rings. The van der Waals surface area contributed by atoms with Gasteiger partial charge in [-0.1, -0.05) is 16.8 Å². The second-order valence-corrected chi connectivity index (χ2v) is 9.69. The highest BCUT2D eigenvalue weighted by Crippen LogP contribution is 2.40. The molecule has 0 unspecified atom stereocenters. The van der Waals surface area contributed by atoms with Gasteiger partial charge < -0.3 is 24.6 Å². The number of rotatable bonds is 10. The standard InChI is InChI=1S/C25H25ClFN9O2/c26-19-3-5-34-14-30-20(23(34)22(19)27)8-29-25(37)21-12-36(33-32-21)11-18-10-35-9-16(15-1-2-15)7-17(24(35)31-18)13-38-6-4-28/h3,5,7,9-10,12,14-15H,1-2,4,6,8,11,13,28H2,(H,29,37). The van der Waals surface area contributed by atoms with Gasteiger partial charge in [0.2, 0.25) is 0 Å². The van der Waals surface area contributed by atoms with E-state index >= 15 is 0 Å². The lowest BCUT2D eigenvalue weighted by molar-refractivity contribution is 0.0945. The minimum Gasteiger partial charge on any atom is -0.375 e. The number of ether oxygens (including phenoxy) is 1. The van der Waals surface area contributed by atoms with E-state index in [1.165, 1.54) is 35.2 Å². The number of nitrogens with two attached hydrogens (primary N) is 1. The lowest BCUT2D eigenvalue weighted by Crippen LogP contribution is -2.23. The second-order valence-electron chi connectivity index (χ2n) is 9.29. The van der Waals surface area contributed by atoms with E-state index in [4.69, 9.17) is 27.1 Å². The molecule has 0 atom stereocenters. The molecule has 0 saturated heterocycles. The van der Waals surface area contributed by atoms with E-state index < -0.39 is 11.7 Å². The van der Waals surface area contributed by atoms with Gasteiger partial charge in [-0.3, -0.25) is 4.79 Å². The highest BCUT2D eigenvalue weighted by Gasteiger charge is 2.25. The Morgan fingerprint density at radius 3 is 2.95 bits per heavy atom. The first-order valence-corrected chi connectivity index (χ1v) is 12.6. The molecular formula is C25H25ClFN9O2. The first-order valence-electron chi connectivity index (χ1n) is 12.3. The molecule has 0 bridgehead atoms. The van der Waals surface area contributed by atoms with Crippen molar-refractivity contribution in [3.05, 3.63) is 82.3 Å². The van der Waals surface area contributed by atoms with E-state index in [-0.39, 0.29) is 22.8 Å². The molecule has 11 nitrogen and oxygen atoms in total. The normalized spacial score (nSPS) is 13.6. The van der Waals surface area contributed by atoms with Crippen molar-refractivity contribution in [3.63, 3.8) is 0 Å². The number of amides is 1. The number of hydrogen-bond donors (Lipinski definition) is 2. The van der Waals surface area contributed by atoms with Crippen LogP contribution in [0.3, 0.4) is 0 Å². The van der Waals surface area contributed by atoms with Crippen LogP contribution in [0.5, 0.6) is 0 Å². The summed E-state index contributed by atoms with van der Waals surface area (Å²) in [6, 6.07) is 3.61. The van der Waals surface area contributed by atoms with Crippen molar-refractivity contribution in [3.8, 4) is 0 Å². The van der Waals surface area contributed by atoms with E-state index in [1.54, 1.807) is 17.1 Å². The van der Waals surface area contributed by atoms with Crippen molar-refractivity contribution in [1.82, 2.24) is 39.1 Å². The summed E-state index contributed by atoms with van der Waals surface area (Å²) in [7, 11) is 0. The number of hydrogen-bond acceptors (Lipinski definition) is 7. The van der Waals surface area contributed by atoms with Gasteiger partial charge in [0.1, 0.15) is 11.2 Å². The van der Waals surface area contributed by atoms with E-state index in [1.807, 2.05) is 10.6 Å². The van der Waals surface area contributed by atoms with Crippen molar-refractivity contribution >= 4 is 28.7 Å². The molecule has 38 heavy (non-hydrogen) atoms. The third kappa shape index (κ3) is 4.85. The summed E-state index contributed by atoms with van der Waals surface area (Å²) in [4.78, 5) is 21.6. The number of nitrogens with one attached hydrogen (secondary N) is 1. The number of fused-ring (bicyclic) bond motifs is 2. The molecule has 5 aromatic rings. The van der Waals surface area contributed by atoms with E-state index in [9.17, 15) is 9.18 Å². The van der Waals surface area contributed by atoms with Gasteiger partial charge in [0, 0.05) is 30.7 Å². The van der Waals surface area contributed by atoms with Gasteiger partial charge in [0.25, 0.3) is 5.91 Å². The zero-order valence-corrected chi connectivity index (χ0v) is 21.1. The quantitative estimate of drug-likeness (QED) is 0.262. The molecule has 1 fully saturated rings. The van der Waals surface area contributed by atoms with Crippen LogP contribution >= 0.6 is 11.6 Å². The van der Waals surface area contributed by atoms with Gasteiger partial charge in [-0.15, -0.1) is 5.10 Å². The molecule has 0 spiro atoms. The fourth-order valence-electron chi connectivity index (χ4n) is 4.45. The average molecular weight is 538 g/mol. The lowest BCUT2D eigenvalue weighted by Gasteiger charge is -2.08. The summed E-state index contributed by atoms with van der Waals surface area (Å²) in [5.74, 6) is -0.459. The third-order valence-corrected chi connectivity index (χ3v) is 6.74. The molecule has 0 radical (unpaired) electrons. The third-order valence-electron chi connectivity index (χ3n) is 6.45. The Bertz CT molecular complexity index is 1640. The largest absolute Gasteiger partial charge is 0.375 e. The van der Waals surface area contributed by atoms with Gasteiger partial charge in [-0.2, -0.15) is 0 Å². The summed E-state index contributed by atoms with van der Waals surface area (Å²) in [5, 5.41) is 10.8. The number of imidazole rings is 2. The molecule has 1 saturated carbocycles. The highest BCUT2D eigenvalue weighted by molar-refractivity contribution is 6.31. The molecule has 5 aromatic heterocycles. The number of halogens is 2. The van der Waals surface area contributed by atoms with Crippen LogP contribution in [0.15, 0.2) is 43.2 Å². The van der Waals surface area contributed by atoms with Crippen LogP contribution in [0, 0.1) is 5.82 Å². The average Bonchev–Trinajstić information content (AvgIpc) is 3.30. The minimum absolute atomic E-state index is 0.00419. The van der Waals surface area contributed by atoms with Crippen LogP contribution in [0.1, 0.15) is 51.8 Å². The Labute approximate surface area is 221 Å². The zero-order chi connectivity index (χ0) is 26.2. The maximum Gasteiger partial charge on any atom is 0.273 e. The summed E-state index contributed by atoms with van der Waals surface area (Å²) < 4.78 is 25.2. The summed E-state index contributed by atoms with van der Waals surface area (Å²) in [5.41, 5.74) is 10.1. The van der Waals surface area contributed by atoms with Crippen LogP contribution in [0.2, 0.25) is 5.02 Å². The summed E-state index contributed by atoms with van der Waals surface area (Å²) >= 11 is 5.89. The van der Waals surface area contributed by atoms with E-state index in [2.05, 4.69) is 32.9 Å². The predicted molar refractivity (Wildman–Crippen MR) is 136 cm³/mol. The van der Waals surface area contributed by atoms with E-state index in [0.29, 0.717) is 37.9 Å². The van der Waals surface area contributed by atoms with Crippen molar-refractivity contribution in [2.24, 2.45) is 5.73 Å². The maximum atomic E-state index is 14.4. The fourth-order valence-corrected chi connectivity index (χ4v) is 4.59. The van der Waals surface area contributed by atoms with Gasteiger partial charge in [-0.05, 0) is 36.5 Å². The molecule has 0 aromatic carbocycles. The van der Waals surface area contributed by atoms with Crippen LogP contribution < -0.4 is 11.1 Å². The van der Waals surface area contributed by atoms with Crippen LogP contribution in [-0.4, -0.2) is 52.8 Å². The van der Waals surface area contributed by atoms with Crippen LogP contribution in [0.25, 0.3) is 11.2 Å². The number of nitrogens with zero attached hydrogens (tertiary/aromatic N) is 7. The fraction of sp³-hybridized carbons (Fsp3) is 0.320. The molecule has 13 heteroatoms. The first-order chi connectivity index (χ1) is 18.5. The van der Waals surface area contributed by atoms with Gasteiger partial charge in [0.15, 0.2) is 11.5 Å². The topological polar surface area (TPSA) is 130 Å². The van der Waals surface area contributed by atoms with Crippen molar-refractivity contribution < 1.29 is 13.9 Å². The second kappa shape index (κ2) is 10.1. The van der Waals surface area contributed by atoms with Crippen molar-refractivity contribution in [2.75, 3.05) is 13.2 Å². The van der Waals surface area contributed by atoms with E-state index in [0.717, 1.165) is 16.9 Å². The molecule has 6 rings (SSSR count). The highest BCUT2D eigenvalue weighted by atomic mass is 35.5. The Kier molecular flexibility index (Phi) is 6.52. The zero-order valence-electron chi connectivity index (χ0n) is 20.3. The van der Waals surface area contributed by atoms with Gasteiger partial charge >= 0.3 is 0 Å². The monoisotopic (exact) mass is 537 g/mol. The molecule has 3 N–H and O–H groups in total. The van der Waals surface area contributed by atoms with Crippen LogP contribution in [-0.2, 0) is 24.4 Å². The molecule has 0 aliphatic heterocycles. The smallest absolute Gasteiger partial charge is 0.273 e. The molecule has 1 aliphatic carbocycles. The number of carbonyl (C=O) groups is 1. The Morgan fingerprint density at radius 2 is 2.13 bits per heavy atom. The SMILES string of the molecule is NCCOCc1cc(C2CC2)cn2cc(Cn3cc(C(=O)NCc4ncn5ccc(Cl)c(F)c45)nn3)nc12. The first kappa shape index (κ1) is 24.5. The summed E-state index contributed by atoms with van der Waals surface area (Å²) in [6.07, 6.45) is 11.1. The Balaban J connectivity index is 1.16. The van der Waals surface area contributed by atoms with Gasteiger partial charge in [0.05, 0.1) is 55.2 Å². The maximum absolute atomic E-state index is 14.4. The Morgan fingerprint density at radius 1 is 1.26 bits per heavy atom. The van der Waals surface area contributed by atoms with Crippen LogP contribution in [0.4, 0.5) is 4.39 Å². The number of carbonyl (C=O) groups excluding carboxylic acids is 1. The molecule has 5 heterocycles. The Hall–Kier alpha value is -3.87. The van der Waals surface area contributed by atoms with Crippen molar-refractivity contribution in [1.29, 1.82) is 0 Å². The van der Waals surface area contributed by atoms with Gasteiger partial charge in [-0.25, -0.2) is 19.0 Å². The molecule has 1 amide bonds. The molecule has 196 valence electrons. The van der Waals surface area contributed by atoms with Crippen molar-refractivity contribution in [2.45, 2.75) is 38.5 Å². The predicted octanol–water partition coefficient (Wildman–Crippen LogP) is 2.70. The minimum atomic E-state index is -0.590. The summed E-state index contributed by atoms with van der Waals surface area (Å²) in [6.45, 7) is 1.72. The number of pyridine rings is 2.